The second-order valence-corrected chi connectivity index (χ2v) is 7.44. The highest BCUT2D eigenvalue weighted by atomic mass is 16.6. The van der Waals surface area contributed by atoms with Crippen molar-refractivity contribution < 1.29 is 9.66 Å². The first-order valence-corrected chi connectivity index (χ1v) is 9.94. The lowest BCUT2D eigenvalue weighted by molar-refractivity contribution is -0.383. The summed E-state index contributed by atoms with van der Waals surface area (Å²) in [6.07, 6.45) is 1.44. The lowest BCUT2D eigenvalue weighted by Gasteiger charge is -2.38. The summed E-state index contributed by atoms with van der Waals surface area (Å²) in [5.74, 6) is 0.799. The maximum absolute atomic E-state index is 11.9. The first-order chi connectivity index (χ1) is 14.1. The topological polar surface area (TPSA) is 87.9 Å². The Balaban J connectivity index is 1.57. The number of nitro groups is 1. The molecule has 2 saturated heterocycles. The summed E-state index contributed by atoms with van der Waals surface area (Å²) in [5.41, 5.74) is 3.76. The van der Waals surface area contributed by atoms with Crippen LogP contribution >= 0.6 is 0 Å². The minimum Gasteiger partial charge on any atom is -0.378 e. The normalized spacial score (nSPS) is 17.5. The van der Waals surface area contributed by atoms with Crippen molar-refractivity contribution in [2.24, 2.45) is 0 Å². The molecule has 0 atom stereocenters. The summed E-state index contributed by atoms with van der Waals surface area (Å²) in [6.45, 7) is 9.46. The maximum Gasteiger partial charge on any atom is 0.353 e. The number of piperazine rings is 1. The van der Waals surface area contributed by atoms with Crippen molar-refractivity contribution in [1.29, 1.82) is 0 Å². The zero-order valence-electron chi connectivity index (χ0n) is 16.9. The van der Waals surface area contributed by atoms with Gasteiger partial charge in [0.25, 0.3) is 0 Å². The van der Waals surface area contributed by atoms with E-state index in [1.54, 1.807) is 0 Å². The number of para-hydroxylation sites is 1. The van der Waals surface area contributed by atoms with Crippen LogP contribution in [0.3, 0.4) is 0 Å². The number of hydrogen-bond acceptors (Lipinski definition) is 8. The molecule has 2 aliphatic heterocycles. The summed E-state index contributed by atoms with van der Waals surface area (Å²) >= 11 is 0. The fourth-order valence-electron chi connectivity index (χ4n) is 4.21. The second-order valence-electron chi connectivity index (χ2n) is 7.44. The molecule has 4 rings (SSSR count). The van der Waals surface area contributed by atoms with Crippen molar-refractivity contribution >= 4 is 23.0 Å². The van der Waals surface area contributed by atoms with Crippen LogP contribution in [0.25, 0.3) is 0 Å². The third-order valence-corrected chi connectivity index (χ3v) is 5.61. The SMILES string of the molecule is Cc1cccc(C)c1N1CCN(c2ncnc(N3CCOCC3)c2[N+](=O)[O-])CC1. The number of nitrogens with zero attached hydrogens (tertiary/aromatic N) is 6. The van der Waals surface area contributed by atoms with Gasteiger partial charge in [-0.3, -0.25) is 10.1 Å². The Hall–Kier alpha value is -2.94. The second kappa shape index (κ2) is 8.20. The zero-order chi connectivity index (χ0) is 20.4. The van der Waals surface area contributed by atoms with Gasteiger partial charge in [-0.25, -0.2) is 9.97 Å². The summed E-state index contributed by atoms with van der Waals surface area (Å²) in [4.78, 5) is 26.4. The van der Waals surface area contributed by atoms with E-state index in [4.69, 9.17) is 4.74 Å². The number of hydrogen-bond donors (Lipinski definition) is 0. The van der Waals surface area contributed by atoms with Crippen molar-refractivity contribution in [1.82, 2.24) is 9.97 Å². The largest absolute Gasteiger partial charge is 0.378 e. The predicted molar refractivity (Wildman–Crippen MR) is 112 cm³/mol. The maximum atomic E-state index is 11.9. The van der Waals surface area contributed by atoms with Gasteiger partial charge in [-0.15, -0.1) is 0 Å². The monoisotopic (exact) mass is 398 g/mol. The number of aromatic nitrogens is 2. The van der Waals surface area contributed by atoms with E-state index in [1.165, 1.54) is 23.1 Å². The van der Waals surface area contributed by atoms with Crippen LogP contribution in [0.4, 0.5) is 23.0 Å². The van der Waals surface area contributed by atoms with Gasteiger partial charge in [0, 0.05) is 45.0 Å². The molecule has 1 aromatic heterocycles. The van der Waals surface area contributed by atoms with Gasteiger partial charge in [-0.1, -0.05) is 18.2 Å². The Morgan fingerprint density at radius 1 is 0.897 bits per heavy atom. The third-order valence-electron chi connectivity index (χ3n) is 5.61. The van der Waals surface area contributed by atoms with E-state index in [-0.39, 0.29) is 10.6 Å². The molecule has 0 spiro atoms. The summed E-state index contributed by atoms with van der Waals surface area (Å²) in [7, 11) is 0. The number of morpholine rings is 1. The zero-order valence-corrected chi connectivity index (χ0v) is 16.9. The van der Waals surface area contributed by atoms with Crippen molar-refractivity contribution in [2.45, 2.75) is 13.8 Å². The first kappa shape index (κ1) is 19.4. The van der Waals surface area contributed by atoms with E-state index in [1.807, 2.05) is 9.80 Å². The molecule has 9 heteroatoms. The van der Waals surface area contributed by atoms with Gasteiger partial charge in [0.15, 0.2) is 0 Å². The van der Waals surface area contributed by atoms with Crippen LogP contribution in [0.1, 0.15) is 11.1 Å². The van der Waals surface area contributed by atoms with Crippen LogP contribution in [-0.2, 0) is 4.74 Å². The standard InChI is InChI=1S/C20H26N6O3/c1-15-4-3-5-16(2)17(15)23-6-8-24(9-7-23)19-18(26(27)28)20(22-14-21-19)25-10-12-29-13-11-25/h3-5,14H,6-13H2,1-2H3. The predicted octanol–water partition coefficient (Wildman–Crippen LogP) is 2.16. The van der Waals surface area contributed by atoms with Crippen molar-refractivity contribution in [3.05, 3.63) is 45.8 Å². The number of rotatable bonds is 4. The van der Waals surface area contributed by atoms with E-state index in [0.717, 1.165) is 13.1 Å². The van der Waals surface area contributed by atoms with Gasteiger partial charge in [-0.05, 0) is 25.0 Å². The Bertz CT molecular complexity index is 872. The lowest BCUT2D eigenvalue weighted by Crippen LogP contribution is -2.47. The highest BCUT2D eigenvalue weighted by Gasteiger charge is 2.32. The molecule has 0 unspecified atom stereocenters. The Morgan fingerprint density at radius 2 is 1.41 bits per heavy atom. The molecular weight excluding hydrogens is 372 g/mol. The minimum atomic E-state index is -0.349. The molecule has 2 aromatic rings. The quantitative estimate of drug-likeness (QED) is 0.572. The van der Waals surface area contributed by atoms with Gasteiger partial charge in [0.2, 0.25) is 11.6 Å². The number of aryl methyl sites for hydroxylation is 2. The molecule has 0 amide bonds. The Kier molecular flexibility index (Phi) is 5.48. The van der Waals surface area contributed by atoms with Crippen LogP contribution in [0, 0.1) is 24.0 Å². The van der Waals surface area contributed by atoms with Crippen molar-refractivity contribution in [3.8, 4) is 0 Å². The molecule has 0 saturated carbocycles. The number of ether oxygens (including phenoxy) is 1. The average molecular weight is 398 g/mol. The van der Waals surface area contributed by atoms with Crippen molar-refractivity contribution in [2.75, 3.05) is 67.2 Å². The van der Waals surface area contributed by atoms with E-state index in [9.17, 15) is 10.1 Å². The molecule has 9 nitrogen and oxygen atoms in total. The van der Waals surface area contributed by atoms with E-state index < -0.39 is 0 Å². The van der Waals surface area contributed by atoms with Crippen LogP contribution in [0.15, 0.2) is 24.5 Å². The highest BCUT2D eigenvalue weighted by molar-refractivity contribution is 5.72. The Labute approximate surface area is 170 Å². The van der Waals surface area contributed by atoms with Gasteiger partial charge in [0.1, 0.15) is 6.33 Å². The van der Waals surface area contributed by atoms with Gasteiger partial charge < -0.3 is 19.4 Å². The summed E-state index contributed by atoms with van der Waals surface area (Å²) in [6, 6.07) is 6.32. The van der Waals surface area contributed by atoms with Gasteiger partial charge in [-0.2, -0.15) is 0 Å². The lowest BCUT2D eigenvalue weighted by atomic mass is 10.1. The number of anilines is 3. The molecule has 2 aliphatic rings. The molecule has 29 heavy (non-hydrogen) atoms. The van der Waals surface area contributed by atoms with Crippen molar-refractivity contribution in [3.63, 3.8) is 0 Å². The van der Waals surface area contributed by atoms with E-state index in [0.29, 0.717) is 51.0 Å². The first-order valence-electron chi connectivity index (χ1n) is 9.94. The third kappa shape index (κ3) is 3.82. The summed E-state index contributed by atoms with van der Waals surface area (Å²) < 4.78 is 5.37. The summed E-state index contributed by atoms with van der Waals surface area (Å²) in [5, 5.41) is 11.9. The molecule has 0 aliphatic carbocycles. The molecular formula is C20H26N6O3. The molecule has 154 valence electrons. The van der Waals surface area contributed by atoms with Crippen LogP contribution < -0.4 is 14.7 Å². The molecule has 3 heterocycles. The molecule has 0 bridgehead atoms. The fraction of sp³-hybridized carbons (Fsp3) is 0.500. The van der Waals surface area contributed by atoms with Crippen LogP contribution in [0.2, 0.25) is 0 Å². The van der Waals surface area contributed by atoms with Crippen LogP contribution in [0.5, 0.6) is 0 Å². The average Bonchev–Trinajstić information content (AvgIpc) is 2.74. The van der Waals surface area contributed by atoms with E-state index >= 15 is 0 Å². The minimum absolute atomic E-state index is 0.00470. The smallest absolute Gasteiger partial charge is 0.353 e. The fourth-order valence-corrected chi connectivity index (χ4v) is 4.21. The molecule has 1 aromatic carbocycles. The number of benzene rings is 1. The van der Waals surface area contributed by atoms with Gasteiger partial charge >= 0.3 is 5.69 Å². The van der Waals surface area contributed by atoms with Gasteiger partial charge in [0.05, 0.1) is 18.1 Å². The molecule has 0 radical (unpaired) electrons. The molecule has 2 fully saturated rings. The molecule has 0 N–H and O–H groups in total. The Morgan fingerprint density at radius 3 is 1.97 bits per heavy atom. The van der Waals surface area contributed by atoms with E-state index in [2.05, 4.69) is 46.9 Å². The highest BCUT2D eigenvalue weighted by Crippen LogP contribution is 2.35. The van der Waals surface area contributed by atoms with Crippen LogP contribution in [-0.4, -0.2) is 67.4 Å².